The van der Waals surface area contributed by atoms with E-state index in [0.717, 1.165) is 12.8 Å². The van der Waals surface area contributed by atoms with E-state index in [4.69, 9.17) is 10.8 Å². The standard InChI is InChI=1S/C8H14N2/c1-5-3-7(9)8(10)4-6(5)2/h5-6,9-10H,3-4H2,1-2H3. The van der Waals surface area contributed by atoms with E-state index in [0.29, 0.717) is 23.3 Å². The Balaban J connectivity index is 2.63. The van der Waals surface area contributed by atoms with Crippen LogP contribution in [0.15, 0.2) is 0 Å². The van der Waals surface area contributed by atoms with Gasteiger partial charge in [-0.25, -0.2) is 0 Å². The van der Waals surface area contributed by atoms with Gasteiger partial charge in [-0.1, -0.05) is 13.8 Å². The van der Waals surface area contributed by atoms with Crippen molar-refractivity contribution in [2.24, 2.45) is 11.8 Å². The van der Waals surface area contributed by atoms with Gasteiger partial charge in [0.1, 0.15) is 0 Å². The fraction of sp³-hybridized carbons (Fsp3) is 0.750. The zero-order chi connectivity index (χ0) is 7.72. The lowest BCUT2D eigenvalue weighted by Gasteiger charge is -2.26. The van der Waals surface area contributed by atoms with Crippen LogP contribution in [0.2, 0.25) is 0 Å². The van der Waals surface area contributed by atoms with Gasteiger partial charge in [0.05, 0.1) is 11.4 Å². The highest BCUT2D eigenvalue weighted by atomic mass is 14.5. The maximum absolute atomic E-state index is 7.39. The smallest absolute Gasteiger partial charge is 0.0524 e. The van der Waals surface area contributed by atoms with Crippen LogP contribution in [0.25, 0.3) is 0 Å². The van der Waals surface area contributed by atoms with Crippen molar-refractivity contribution in [3.8, 4) is 0 Å². The molecule has 0 aromatic heterocycles. The van der Waals surface area contributed by atoms with Crippen LogP contribution in [0.5, 0.6) is 0 Å². The maximum Gasteiger partial charge on any atom is 0.0524 e. The first-order chi connectivity index (χ1) is 4.61. The zero-order valence-electron chi connectivity index (χ0n) is 6.57. The highest BCUT2D eigenvalue weighted by Gasteiger charge is 2.23. The molecule has 0 bridgehead atoms. The van der Waals surface area contributed by atoms with E-state index in [-0.39, 0.29) is 0 Å². The lowest BCUT2D eigenvalue weighted by atomic mass is 9.80. The average Bonchev–Trinajstić information content (AvgIpc) is 1.84. The average molecular weight is 138 g/mol. The Bertz CT molecular complexity index is 152. The van der Waals surface area contributed by atoms with Gasteiger partial charge in [-0.3, -0.25) is 0 Å². The molecule has 0 amide bonds. The molecule has 10 heavy (non-hydrogen) atoms. The summed E-state index contributed by atoms with van der Waals surface area (Å²) in [5.74, 6) is 1.20. The molecule has 0 aromatic carbocycles. The third-order valence-electron chi connectivity index (χ3n) is 2.39. The monoisotopic (exact) mass is 138 g/mol. The van der Waals surface area contributed by atoms with Crippen molar-refractivity contribution in [3.05, 3.63) is 0 Å². The van der Waals surface area contributed by atoms with E-state index in [1.807, 2.05) is 0 Å². The highest BCUT2D eigenvalue weighted by molar-refractivity contribution is 6.40. The van der Waals surface area contributed by atoms with Crippen LogP contribution in [0.3, 0.4) is 0 Å². The van der Waals surface area contributed by atoms with Crippen molar-refractivity contribution < 1.29 is 0 Å². The zero-order valence-corrected chi connectivity index (χ0v) is 6.57. The molecule has 0 radical (unpaired) electrons. The first kappa shape index (κ1) is 7.45. The summed E-state index contributed by atoms with van der Waals surface area (Å²) < 4.78 is 0. The lowest BCUT2D eigenvalue weighted by Crippen LogP contribution is -2.28. The van der Waals surface area contributed by atoms with Crippen molar-refractivity contribution in [1.82, 2.24) is 0 Å². The van der Waals surface area contributed by atoms with Crippen molar-refractivity contribution >= 4 is 11.4 Å². The molecule has 2 unspecified atom stereocenters. The maximum atomic E-state index is 7.39. The Morgan fingerprint density at radius 1 is 1.00 bits per heavy atom. The molecule has 1 aliphatic carbocycles. The van der Waals surface area contributed by atoms with Crippen LogP contribution >= 0.6 is 0 Å². The summed E-state index contributed by atoms with van der Waals surface area (Å²) in [5.41, 5.74) is 1.09. The molecule has 2 N–H and O–H groups in total. The minimum atomic E-state index is 0.547. The van der Waals surface area contributed by atoms with E-state index in [1.165, 1.54) is 0 Å². The first-order valence-corrected chi connectivity index (χ1v) is 3.76. The van der Waals surface area contributed by atoms with Crippen molar-refractivity contribution in [3.63, 3.8) is 0 Å². The fourth-order valence-corrected chi connectivity index (χ4v) is 1.29. The summed E-state index contributed by atoms with van der Waals surface area (Å²) in [4.78, 5) is 0. The van der Waals surface area contributed by atoms with Crippen molar-refractivity contribution in [2.75, 3.05) is 0 Å². The summed E-state index contributed by atoms with van der Waals surface area (Å²) in [6.07, 6.45) is 1.61. The molecule has 2 atom stereocenters. The van der Waals surface area contributed by atoms with Crippen LogP contribution in [-0.2, 0) is 0 Å². The van der Waals surface area contributed by atoms with Crippen LogP contribution in [0.1, 0.15) is 26.7 Å². The second-order valence-corrected chi connectivity index (χ2v) is 3.32. The van der Waals surface area contributed by atoms with E-state index in [9.17, 15) is 0 Å². The Morgan fingerprint density at radius 3 is 1.60 bits per heavy atom. The SMILES string of the molecule is CC1CC(=N)C(=N)CC1C. The third kappa shape index (κ3) is 1.25. The fourth-order valence-electron chi connectivity index (χ4n) is 1.29. The molecule has 1 aliphatic rings. The molecule has 0 heterocycles. The summed E-state index contributed by atoms with van der Waals surface area (Å²) in [5, 5.41) is 14.8. The normalized spacial score (nSPS) is 34.6. The second-order valence-electron chi connectivity index (χ2n) is 3.32. The van der Waals surface area contributed by atoms with Crippen molar-refractivity contribution in [2.45, 2.75) is 26.7 Å². The molecule has 0 aromatic rings. The van der Waals surface area contributed by atoms with Gasteiger partial charge in [-0.15, -0.1) is 0 Å². The Labute approximate surface area is 61.7 Å². The van der Waals surface area contributed by atoms with E-state index >= 15 is 0 Å². The topological polar surface area (TPSA) is 47.7 Å². The quantitative estimate of drug-likeness (QED) is 0.515. The molecule has 1 rings (SSSR count). The number of nitrogens with one attached hydrogen (secondary N) is 2. The molecule has 0 saturated heterocycles. The molecular weight excluding hydrogens is 124 g/mol. The summed E-state index contributed by atoms with van der Waals surface area (Å²) >= 11 is 0. The first-order valence-electron chi connectivity index (χ1n) is 3.76. The molecule has 0 aliphatic heterocycles. The Hall–Kier alpha value is -0.660. The molecule has 0 spiro atoms. The number of hydrogen-bond donors (Lipinski definition) is 2. The Morgan fingerprint density at radius 2 is 1.30 bits per heavy atom. The van der Waals surface area contributed by atoms with Crippen molar-refractivity contribution in [1.29, 1.82) is 10.8 Å². The molecule has 2 nitrogen and oxygen atoms in total. The summed E-state index contributed by atoms with van der Waals surface area (Å²) in [6.45, 7) is 4.32. The predicted octanol–water partition coefficient (Wildman–Crippen LogP) is 2.09. The van der Waals surface area contributed by atoms with Gasteiger partial charge in [-0.05, 0) is 24.7 Å². The largest absolute Gasteiger partial charge is 0.303 e. The summed E-state index contributed by atoms with van der Waals surface area (Å²) in [7, 11) is 0. The van der Waals surface area contributed by atoms with Crippen LogP contribution < -0.4 is 0 Å². The van der Waals surface area contributed by atoms with Gasteiger partial charge in [0.2, 0.25) is 0 Å². The molecule has 1 saturated carbocycles. The molecular formula is C8H14N2. The van der Waals surface area contributed by atoms with Gasteiger partial charge < -0.3 is 10.8 Å². The van der Waals surface area contributed by atoms with Gasteiger partial charge >= 0.3 is 0 Å². The molecule has 2 heteroatoms. The second kappa shape index (κ2) is 2.52. The van der Waals surface area contributed by atoms with Gasteiger partial charge in [0.25, 0.3) is 0 Å². The van der Waals surface area contributed by atoms with E-state index in [2.05, 4.69) is 13.8 Å². The van der Waals surface area contributed by atoms with E-state index in [1.54, 1.807) is 0 Å². The number of rotatable bonds is 0. The summed E-state index contributed by atoms with van der Waals surface area (Å²) in [6, 6.07) is 0. The van der Waals surface area contributed by atoms with Crippen LogP contribution in [0.4, 0.5) is 0 Å². The van der Waals surface area contributed by atoms with Crippen LogP contribution in [-0.4, -0.2) is 11.4 Å². The minimum Gasteiger partial charge on any atom is -0.303 e. The minimum absolute atomic E-state index is 0.547. The molecule has 56 valence electrons. The predicted molar refractivity (Wildman–Crippen MR) is 43.0 cm³/mol. The van der Waals surface area contributed by atoms with Gasteiger partial charge in [0, 0.05) is 0 Å². The van der Waals surface area contributed by atoms with Crippen LogP contribution in [0, 0.1) is 22.7 Å². The number of hydrogen-bond acceptors (Lipinski definition) is 2. The highest BCUT2D eigenvalue weighted by Crippen LogP contribution is 2.24. The van der Waals surface area contributed by atoms with E-state index < -0.39 is 0 Å². The molecule has 1 fully saturated rings. The lowest BCUT2D eigenvalue weighted by molar-refractivity contribution is 0.401. The Kier molecular flexibility index (Phi) is 1.88. The van der Waals surface area contributed by atoms with Gasteiger partial charge in [0.15, 0.2) is 0 Å². The third-order valence-corrected chi connectivity index (χ3v) is 2.39. The van der Waals surface area contributed by atoms with Gasteiger partial charge in [-0.2, -0.15) is 0 Å².